The zero-order chi connectivity index (χ0) is 44.2. The first-order valence-corrected chi connectivity index (χ1v) is 23.4. The van der Waals surface area contributed by atoms with Crippen molar-refractivity contribution in [2.75, 3.05) is 19.8 Å². The highest BCUT2D eigenvalue weighted by Crippen LogP contribution is 2.72. The third-order valence-electron chi connectivity index (χ3n) is 18.1. The van der Waals surface area contributed by atoms with Crippen LogP contribution in [0.15, 0.2) is 23.2 Å². The molecule has 0 aromatic rings. The van der Waals surface area contributed by atoms with Gasteiger partial charge in [-0.1, -0.05) is 39.3 Å². The number of hydrogen-bond acceptors (Lipinski definition) is 16. The summed E-state index contributed by atoms with van der Waals surface area (Å²) in [6, 6.07) is 0. The number of hydrogen-bond donors (Lipinski definition) is 9. The molecule has 5 aliphatic carbocycles. The van der Waals surface area contributed by atoms with Gasteiger partial charge in [-0.25, -0.2) is 0 Å². The molecule has 10 unspecified atom stereocenters. The Morgan fingerprint density at radius 2 is 1.53 bits per heavy atom. The van der Waals surface area contributed by atoms with Gasteiger partial charge in [0.05, 0.1) is 25.4 Å². The van der Waals surface area contributed by atoms with Gasteiger partial charge < -0.3 is 74.6 Å². The Bertz CT molecular complexity index is 1740. The van der Waals surface area contributed by atoms with Crippen molar-refractivity contribution >= 4 is 5.78 Å². The molecule has 62 heavy (non-hydrogen) atoms. The minimum Gasteiger partial charge on any atom is -0.457 e. The summed E-state index contributed by atoms with van der Waals surface area (Å²) in [7, 11) is 0. The Hall–Kier alpha value is -1.77. The van der Waals surface area contributed by atoms with Crippen molar-refractivity contribution in [3.05, 3.63) is 23.2 Å². The fourth-order valence-electron chi connectivity index (χ4n) is 14.6. The summed E-state index contributed by atoms with van der Waals surface area (Å²) in [5, 5.41) is 88.6. The molecule has 23 atom stereocenters. The minimum absolute atomic E-state index is 0.0170. The summed E-state index contributed by atoms with van der Waals surface area (Å²) in [5.74, 6) is 2.79. The molecule has 0 aromatic heterocycles. The second-order valence-electron chi connectivity index (χ2n) is 21.3. The van der Waals surface area contributed by atoms with Crippen LogP contribution in [0.1, 0.15) is 98.8 Å². The molecule has 0 amide bonds. The maximum absolute atomic E-state index is 13.1. The van der Waals surface area contributed by atoms with Gasteiger partial charge in [-0.2, -0.15) is 0 Å². The van der Waals surface area contributed by atoms with E-state index in [-0.39, 0.29) is 5.41 Å². The van der Waals surface area contributed by atoms with Crippen molar-refractivity contribution in [3.63, 3.8) is 0 Å². The molecule has 0 radical (unpaired) electrons. The highest BCUT2D eigenvalue weighted by Gasteiger charge is 2.67. The lowest BCUT2D eigenvalue weighted by Gasteiger charge is -2.59. The van der Waals surface area contributed by atoms with Gasteiger partial charge >= 0.3 is 0 Å². The molecule has 0 bridgehead atoms. The van der Waals surface area contributed by atoms with E-state index < -0.39 is 110 Å². The van der Waals surface area contributed by atoms with Crippen LogP contribution in [-0.4, -0.2) is 152 Å². The quantitative estimate of drug-likeness (QED) is 0.155. The molecule has 16 heteroatoms. The molecule has 7 fully saturated rings. The number of Topliss-reactive ketones (excluding diaryl/α,β-unsaturated/α-hetero) is 1. The number of allylic oxidation sites excluding steroid dienone is 1. The summed E-state index contributed by atoms with van der Waals surface area (Å²) in [6.45, 7) is 11.1. The summed E-state index contributed by atoms with van der Waals surface area (Å²) in [5.41, 5.74) is 1.95. The average Bonchev–Trinajstić information content (AvgIpc) is 3.70. The van der Waals surface area contributed by atoms with E-state index in [2.05, 4.69) is 39.1 Å². The smallest absolute Gasteiger partial charge is 0.263 e. The van der Waals surface area contributed by atoms with Crippen molar-refractivity contribution in [2.45, 2.75) is 184 Å². The van der Waals surface area contributed by atoms with Crippen LogP contribution in [0.4, 0.5) is 0 Å². The second kappa shape index (κ2) is 16.8. The highest BCUT2D eigenvalue weighted by atomic mass is 16.8. The predicted molar refractivity (Wildman–Crippen MR) is 218 cm³/mol. The lowest BCUT2D eigenvalue weighted by atomic mass is 9.46. The van der Waals surface area contributed by atoms with Crippen LogP contribution in [0.25, 0.3) is 0 Å². The molecule has 9 N–H and O–H groups in total. The number of carbonyl (C=O) groups is 1. The zero-order valence-electron chi connectivity index (χ0n) is 36.8. The van der Waals surface area contributed by atoms with Crippen LogP contribution in [0.3, 0.4) is 0 Å². The van der Waals surface area contributed by atoms with Gasteiger partial charge in [-0.05, 0) is 130 Å². The van der Waals surface area contributed by atoms with Gasteiger partial charge in [0.25, 0.3) is 6.29 Å². The van der Waals surface area contributed by atoms with Crippen LogP contribution >= 0.6 is 0 Å². The molecule has 4 saturated carbocycles. The minimum atomic E-state index is -2.00. The maximum Gasteiger partial charge on any atom is 0.263 e. The SMILES string of the molecule is CC1O[C@@H](OC2=C(O[C@@H]3OC(CO)[C@@H](O)C(O)C3=O)[C@@H](O)C(CO)O[C@H]2O[C@H]2CC[C@@]3(C)C(=CCC4C5CC6C[C@]7(CC[C@@H](C)CN7)[C@@H](C)C6[C@@]5(C)CCC43)C2)C(O)[C@@H](O)[C@H]1O. The third kappa shape index (κ3) is 7.25. The molecule has 4 aliphatic heterocycles. The average molecular weight is 878 g/mol. The number of aliphatic hydroxyl groups excluding tert-OH is 8. The number of aliphatic hydroxyl groups is 8. The van der Waals surface area contributed by atoms with Gasteiger partial charge in [-0.15, -0.1) is 0 Å². The van der Waals surface area contributed by atoms with Crippen molar-refractivity contribution in [1.82, 2.24) is 5.32 Å². The number of rotatable bonds is 8. The topological polar surface area (TPSA) is 246 Å². The van der Waals surface area contributed by atoms with E-state index >= 15 is 0 Å². The van der Waals surface area contributed by atoms with Crippen molar-refractivity contribution < 1.29 is 74.1 Å². The summed E-state index contributed by atoms with van der Waals surface area (Å²) in [6.07, 6.45) is -6.58. The van der Waals surface area contributed by atoms with E-state index in [1.54, 1.807) is 0 Å². The number of nitrogens with one attached hydrogen (secondary N) is 1. The van der Waals surface area contributed by atoms with E-state index in [4.69, 9.17) is 28.4 Å². The predicted octanol–water partition coefficient (Wildman–Crippen LogP) is 1.13. The van der Waals surface area contributed by atoms with E-state index in [0.29, 0.717) is 47.5 Å². The number of piperidine rings is 1. The summed E-state index contributed by atoms with van der Waals surface area (Å²) < 4.78 is 36.1. The first-order chi connectivity index (χ1) is 29.4. The molecule has 9 aliphatic rings. The van der Waals surface area contributed by atoms with Crippen molar-refractivity contribution in [3.8, 4) is 0 Å². The molecule has 350 valence electrons. The molecule has 3 saturated heterocycles. The number of ether oxygens (including phenoxy) is 6. The number of fused-ring (bicyclic) bond motifs is 7. The molecular weight excluding hydrogens is 806 g/mol. The van der Waals surface area contributed by atoms with E-state index in [1.165, 1.54) is 51.0 Å². The summed E-state index contributed by atoms with van der Waals surface area (Å²) >= 11 is 0. The molecule has 1 spiro atoms. The maximum atomic E-state index is 13.1. The normalized spacial score (nSPS) is 54.0. The fourth-order valence-corrected chi connectivity index (χ4v) is 14.6. The first kappa shape index (κ1) is 45.4. The van der Waals surface area contributed by atoms with E-state index in [1.807, 2.05) is 0 Å². The largest absolute Gasteiger partial charge is 0.457 e. The van der Waals surface area contributed by atoms with Gasteiger partial charge in [0.2, 0.25) is 18.4 Å². The highest BCUT2D eigenvalue weighted by molar-refractivity contribution is 5.87. The lowest BCUT2D eigenvalue weighted by Crippen LogP contribution is -2.59. The molecule has 4 heterocycles. The summed E-state index contributed by atoms with van der Waals surface area (Å²) in [4.78, 5) is 13.1. The fraction of sp³-hybridized carbons (Fsp3) is 0.891. The van der Waals surface area contributed by atoms with E-state index in [0.717, 1.165) is 37.1 Å². The van der Waals surface area contributed by atoms with Crippen LogP contribution in [0.5, 0.6) is 0 Å². The molecule has 16 nitrogen and oxygen atoms in total. The van der Waals surface area contributed by atoms with Crippen LogP contribution in [-0.2, 0) is 33.2 Å². The van der Waals surface area contributed by atoms with Gasteiger partial charge in [-0.3, -0.25) is 4.79 Å². The Morgan fingerprint density at radius 1 is 0.790 bits per heavy atom. The zero-order valence-corrected chi connectivity index (χ0v) is 36.8. The van der Waals surface area contributed by atoms with Crippen LogP contribution in [0, 0.1) is 52.3 Å². The Labute approximate surface area is 363 Å². The third-order valence-corrected chi connectivity index (χ3v) is 18.1. The van der Waals surface area contributed by atoms with Crippen LogP contribution < -0.4 is 5.32 Å². The van der Waals surface area contributed by atoms with Crippen molar-refractivity contribution in [2.24, 2.45) is 52.3 Å². The standard InChI is InChI=1S/C46H71NO15/c1-20-8-13-46(47-17-20)16-23-14-28-26-7-6-24-15-25(9-11-44(24,4)27(26)10-12-45(28,5)31(23)21(46)2)58-43-40(62-41-37(55)35(53)32(50)22(3)57-41)39(34(52)30(19-49)60-43)61-42-38(56)36(54)33(51)29(18-48)59-42/h6,20-23,25-37,41-43,47-55H,7-19H2,1-5H3/t20-,21+,22?,23?,25+,26?,27?,28?,29?,30?,31?,32+,33-,34+,35+,36?,37?,41+,42+,43-,44+,45+,46-/m1/s1. The van der Waals surface area contributed by atoms with Gasteiger partial charge in [0.1, 0.15) is 48.8 Å². The molecule has 0 aromatic carbocycles. The Morgan fingerprint density at radius 3 is 2.24 bits per heavy atom. The monoisotopic (exact) mass is 877 g/mol. The lowest BCUT2D eigenvalue weighted by molar-refractivity contribution is -0.307. The van der Waals surface area contributed by atoms with Crippen LogP contribution in [0.2, 0.25) is 0 Å². The molecule has 9 rings (SSSR count). The Balaban J connectivity index is 0.962. The second-order valence-corrected chi connectivity index (χ2v) is 21.3. The van der Waals surface area contributed by atoms with Gasteiger partial charge in [0.15, 0.2) is 11.5 Å². The van der Waals surface area contributed by atoms with E-state index in [9.17, 15) is 45.6 Å². The number of carbonyl (C=O) groups excluding carboxylic acids is 1. The van der Waals surface area contributed by atoms with Crippen molar-refractivity contribution in [1.29, 1.82) is 0 Å². The van der Waals surface area contributed by atoms with Gasteiger partial charge in [0, 0.05) is 5.54 Å². The molecular formula is C46H71NO15. The Kier molecular flexibility index (Phi) is 12.3. The number of ketones is 1. The first-order valence-electron chi connectivity index (χ1n) is 23.4.